The number of rotatable bonds is 4. The number of aromatic amines is 2. The van der Waals surface area contributed by atoms with Crippen molar-refractivity contribution >= 4 is 11.6 Å². The van der Waals surface area contributed by atoms with Crippen LogP contribution >= 0.6 is 11.6 Å². The van der Waals surface area contributed by atoms with Crippen LogP contribution in [0.1, 0.15) is 54.8 Å². The SMILES string of the molecule is O=c1[nH]c(C2CCC(C3C=CC=CC3)CC2)c(Cc2ccc(F)cc2Cl)c(=O)[nH]1. The summed E-state index contributed by atoms with van der Waals surface area (Å²) in [6, 6.07) is 4.16. The molecule has 6 heteroatoms. The highest BCUT2D eigenvalue weighted by atomic mass is 35.5. The number of allylic oxidation sites excluding steroid dienone is 4. The van der Waals surface area contributed by atoms with E-state index in [9.17, 15) is 14.0 Å². The molecular weight excluding hydrogens is 391 g/mol. The number of aromatic nitrogens is 2. The Hall–Kier alpha value is -2.40. The van der Waals surface area contributed by atoms with Crippen LogP contribution in [0.15, 0.2) is 52.1 Å². The van der Waals surface area contributed by atoms with Crippen LogP contribution in [0, 0.1) is 17.7 Å². The van der Waals surface area contributed by atoms with Gasteiger partial charge in [-0.25, -0.2) is 9.18 Å². The van der Waals surface area contributed by atoms with Gasteiger partial charge in [0.2, 0.25) is 0 Å². The fourth-order valence-corrected chi connectivity index (χ4v) is 4.93. The van der Waals surface area contributed by atoms with Crippen LogP contribution in [0.2, 0.25) is 5.02 Å². The van der Waals surface area contributed by atoms with Crippen molar-refractivity contribution in [1.29, 1.82) is 0 Å². The fourth-order valence-electron chi connectivity index (χ4n) is 4.69. The number of benzene rings is 1. The van der Waals surface area contributed by atoms with E-state index in [2.05, 4.69) is 34.3 Å². The molecule has 1 aromatic carbocycles. The summed E-state index contributed by atoms with van der Waals surface area (Å²) in [5, 5.41) is 0.280. The van der Waals surface area contributed by atoms with E-state index >= 15 is 0 Å². The highest BCUT2D eigenvalue weighted by Crippen LogP contribution is 2.40. The van der Waals surface area contributed by atoms with Gasteiger partial charge < -0.3 is 4.98 Å². The molecule has 0 radical (unpaired) electrons. The van der Waals surface area contributed by atoms with Crippen molar-refractivity contribution in [1.82, 2.24) is 9.97 Å². The second-order valence-corrected chi connectivity index (χ2v) is 8.44. The summed E-state index contributed by atoms with van der Waals surface area (Å²) in [7, 11) is 0. The minimum absolute atomic E-state index is 0.138. The first kappa shape index (κ1) is 19.9. The molecular formula is C23H24ClFN2O2. The molecule has 2 aliphatic rings. The third kappa shape index (κ3) is 4.45. The van der Waals surface area contributed by atoms with Gasteiger partial charge in [0.05, 0.1) is 0 Å². The quantitative estimate of drug-likeness (QED) is 0.750. The molecule has 0 aliphatic heterocycles. The van der Waals surface area contributed by atoms with Gasteiger partial charge in [-0.05, 0) is 67.6 Å². The van der Waals surface area contributed by atoms with E-state index in [0.29, 0.717) is 28.7 Å². The molecule has 1 aromatic heterocycles. The predicted octanol–water partition coefficient (Wildman–Crippen LogP) is 4.85. The molecule has 1 unspecified atom stereocenters. The summed E-state index contributed by atoms with van der Waals surface area (Å²) >= 11 is 6.17. The standard InChI is InChI=1S/C23H24ClFN2O2/c24-20-13-18(25)11-10-17(20)12-19-21(26-23(29)27-22(19)28)16-8-6-15(7-9-16)14-4-2-1-3-5-14/h1-4,10-11,13-16H,5-9,12H2,(H2,26,27,28,29). The monoisotopic (exact) mass is 414 g/mol. The molecule has 29 heavy (non-hydrogen) atoms. The van der Waals surface area contributed by atoms with Crippen molar-refractivity contribution in [2.45, 2.75) is 44.4 Å². The minimum atomic E-state index is -0.485. The Bertz CT molecular complexity index is 1060. The summed E-state index contributed by atoms with van der Waals surface area (Å²) in [4.78, 5) is 29.8. The Morgan fingerprint density at radius 2 is 1.86 bits per heavy atom. The summed E-state index contributed by atoms with van der Waals surface area (Å²) in [6.07, 6.45) is 14.1. The number of halogens is 2. The Balaban J connectivity index is 1.57. The zero-order valence-corrected chi connectivity index (χ0v) is 16.8. The maximum absolute atomic E-state index is 13.4. The molecule has 0 bridgehead atoms. The van der Waals surface area contributed by atoms with E-state index in [1.807, 2.05) is 0 Å². The fraction of sp³-hybridized carbons (Fsp3) is 0.391. The van der Waals surface area contributed by atoms with Crippen molar-refractivity contribution in [3.63, 3.8) is 0 Å². The van der Waals surface area contributed by atoms with Gasteiger partial charge in [0, 0.05) is 22.7 Å². The van der Waals surface area contributed by atoms with Crippen LogP contribution in [0.25, 0.3) is 0 Å². The maximum Gasteiger partial charge on any atom is 0.325 e. The molecule has 2 N–H and O–H groups in total. The minimum Gasteiger partial charge on any atom is -0.311 e. The van der Waals surface area contributed by atoms with Crippen molar-refractivity contribution in [2.24, 2.45) is 11.8 Å². The lowest BCUT2D eigenvalue weighted by atomic mass is 9.72. The molecule has 2 aliphatic carbocycles. The van der Waals surface area contributed by atoms with Gasteiger partial charge in [0.1, 0.15) is 5.82 Å². The Kier molecular flexibility index (Phi) is 5.86. The molecule has 152 valence electrons. The first-order valence-corrected chi connectivity index (χ1v) is 10.5. The highest BCUT2D eigenvalue weighted by molar-refractivity contribution is 6.31. The molecule has 1 saturated carbocycles. The lowest BCUT2D eigenvalue weighted by molar-refractivity contribution is 0.262. The Morgan fingerprint density at radius 3 is 2.55 bits per heavy atom. The average molecular weight is 415 g/mol. The molecule has 2 aromatic rings. The predicted molar refractivity (Wildman–Crippen MR) is 113 cm³/mol. The van der Waals surface area contributed by atoms with E-state index in [0.717, 1.165) is 32.1 Å². The summed E-state index contributed by atoms with van der Waals surface area (Å²) in [6.45, 7) is 0. The third-order valence-electron chi connectivity index (χ3n) is 6.26. The summed E-state index contributed by atoms with van der Waals surface area (Å²) in [5.74, 6) is 0.936. The smallest absolute Gasteiger partial charge is 0.311 e. The molecule has 4 nitrogen and oxygen atoms in total. The van der Waals surface area contributed by atoms with Gasteiger partial charge >= 0.3 is 5.69 Å². The van der Waals surface area contributed by atoms with E-state index in [-0.39, 0.29) is 17.4 Å². The van der Waals surface area contributed by atoms with E-state index in [1.165, 1.54) is 12.1 Å². The largest absolute Gasteiger partial charge is 0.325 e. The van der Waals surface area contributed by atoms with Crippen LogP contribution in [0.3, 0.4) is 0 Å². The van der Waals surface area contributed by atoms with Crippen LogP contribution in [0.4, 0.5) is 4.39 Å². The van der Waals surface area contributed by atoms with Crippen LogP contribution < -0.4 is 11.2 Å². The summed E-state index contributed by atoms with van der Waals surface area (Å²) < 4.78 is 13.4. The van der Waals surface area contributed by atoms with Crippen molar-refractivity contribution in [3.8, 4) is 0 Å². The van der Waals surface area contributed by atoms with Gasteiger partial charge in [0.15, 0.2) is 0 Å². The molecule has 0 amide bonds. The lowest BCUT2D eigenvalue weighted by Gasteiger charge is -2.33. The Labute approximate surface area is 173 Å². The van der Waals surface area contributed by atoms with Gasteiger partial charge in [-0.3, -0.25) is 9.78 Å². The average Bonchev–Trinajstić information content (AvgIpc) is 2.72. The number of nitrogens with one attached hydrogen (secondary N) is 2. The first-order valence-electron chi connectivity index (χ1n) is 10.1. The molecule has 0 saturated heterocycles. The second kappa shape index (κ2) is 8.54. The zero-order valence-electron chi connectivity index (χ0n) is 16.1. The van der Waals surface area contributed by atoms with E-state index in [1.54, 1.807) is 6.07 Å². The van der Waals surface area contributed by atoms with Crippen LogP contribution in [0.5, 0.6) is 0 Å². The molecule has 1 heterocycles. The third-order valence-corrected chi connectivity index (χ3v) is 6.61. The van der Waals surface area contributed by atoms with Gasteiger partial charge in [-0.15, -0.1) is 0 Å². The maximum atomic E-state index is 13.4. The van der Waals surface area contributed by atoms with Crippen LogP contribution in [-0.4, -0.2) is 9.97 Å². The van der Waals surface area contributed by atoms with Gasteiger partial charge in [-0.2, -0.15) is 0 Å². The highest BCUT2D eigenvalue weighted by Gasteiger charge is 2.29. The Morgan fingerprint density at radius 1 is 1.07 bits per heavy atom. The van der Waals surface area contributed by atoms with Gasteiger partial charge in [0.25, 0.3) is 5.56 Å². The lowest BCUT2D eigenvalue weighted by Crippen LogP contribution is -2.31. The van der Waals surface area contributed by atoms with E-state index < -0.39 is 17.1 Å². The molecule has 4 rings (SSSR count). The van der Waals surface area contributed by atoms with Crippen molar-refractivity contribution in [2.75, 3.05) is 0 Å². The first-order chi connectivity index (χ1) is 14.0. The molecule has 1 atom stereocenters. The van der Waals surface area contributed by atoms with Crippen LogP contribution in [-0.2, 0) is 6.42 Å². The zero-order chi connectivity index (χ0) is 20.4. The summed E-state index contributed by atoms with van der Waals surface area (Å²) in [5.41, 5.74) is 1.01. The number of hydrogen-bond acceptors (Lipinski definition) is 2. The van der Waals surface area contributed by atoms with Crippen molar-refractivity contribution < 1.29 is 4.39 Å². The van der Waals surface area contributed by atoms with Gasteiger partial charge in [-0.1, -0.05) is 42.0 Å². The number of hydrogen-bond donors (Lipinski definition) is 2. The topological polar surface area (TPSA) is 65.7 Å². The molecule has 1 fully saturated rings. The second-order valence-electron chi connectivity index (χ2n) is 8.04. The number of H-pyrrole nitrogens is 2. The molecule has 0 spiro atoms. The van der Waals surface area contributed by atoms with Crippen molar-refractivity contribution in [3.05, 3.63) is 91.0 Å². The van der Waals surface area contributed by atoms with E-state index in [4.69, 9.17) is 11.6 Å². The normalized spacial score (nSPS) is 24.0.